The number of amides is 1. The van der Waals surface area contributed by atoms with Crippen molar-refractivity contribution in [1.82, 2.24) is 13.5 Å². The van der Waals surface area contributed by atoms with Crippen LogP contribution in [0.1, 0.15) is 43.5 Å². The molecule has 0 saturated carbocycles. The van der Waals surface area contributed by atoms with Gasteiger partial charge in [0, 0.05) is 44.8 Å². The molecule has 2 saturated heterocycles. The molecule has 29 heavy (non-hydrogen) atoms. The Kier molecular flexibility index (Phi) is 7.37. The molecule has 0 aliphatic carbocycles. The second kappa shape index (κ2) is 9.77. The lowest BCUT2D eigenvalue weighted by atomic mass is 10.1. The summed E-state index contributed by atoms with van der Waals surface area (Å²) in [6.45, 7) is 7.56. The molecule has 0 aromatic heterocycles. The second-order valence-corrected chi connectivity index (χ2v) is 9.18. The molecular weight excluding hydrogens is 394 g/mol. The maximum Gasteiger partial charge on any atom is 0.282 e. The molecule has 2 aliphatic heterocycles. The van der Waals surface area contributed by atoms with Crippen LogP contribution in [0.5, 0.6) is 11.5 Å². The fourth-order valence-corrected chi connectivity index (χ4v) is 5.30. The van der Waals surface area contributed by atoms with Crippen molar-refractivity contribution in [3.63, 3.8) is 0 Å². The van der Waals surface area contributed by atoms with Crippen molar-refractivity contribution in [2.24, 2.45) is 0 Å². The number of carbonyl (C=O) groups is 1. The van der Waals surface area contributed by atoms with Gasteiger partial charge in [-0.25, -0.2) is 0 Å². The van der Waals surface area contributed by atoms with Gasteiger partial charge in [0.2, 0.25) is 0 Å². The summed E-state index contributed by atoms with van der Waals surface area (Å²) in [5.41, 5.74) is 0.521. The normalized spacial score (nSPS) is 18.8. The van der Waals surface area contributed by atoms with Crippen LogP contribution in [0, 0.1) is 0 Å². The average Bonchev–Trinajstić information content (AvgIpc) is 3.28. The summed E-state index contributed by atoms with van der Waals surface area (Å²) in [7, 11) is -3.41. The van der Waals surface area contributed by atoms with E-state index in [4.69, 9.17) is 9.47 Å². The van der Waals surface area contributed by atoms with Crippen LogP contribution in [0.2, 0.25) is 0 Å². The first-order valence-electron chi connectivity index (χ1n) is 10.4. The van der Waals surface area contributed by atoms with Crippen molar-refractivity contribution in [1.29, 1.82) is 0 Å². The smallest absolute Gasteiger partial charge is 0.282 e. The third-order valence-electron chi connectivity index (χ3n) is 5.20. The van der Waals surface area contributed by atoms with E-state index in [1.807, 2.05) is 13.8 Å². The van der Waals surface area contributed by atoms with E-state index in [1.165, 1.54) is 4.31 Å². The molecule has 162 valence electrons. The quantitative estimate of drug-likeness (QED) is 0.636. The SMILES string of the molecule is CCCOc1ccc(C(=O)N2CCN(S(=O)(=O)N3CCCC3)CC2)cc1OCC. The highest BCUT2D eigenvalue weighted by molar-refractivity contribution is 7.86. The fourth-order valence-electron chi connectivity index (χ4n) is 3.63. The number of nitrogens with zero attached hydrogens (tertiary/aromatic N) is 3. The summed E-state index contributed by atoms with van der Waals surface area (Å²) >= 11 is 0. The van der Waals surface area contributed by atoms with Gasteiger partial charge in [-0.15, -0.1) is 0 Å². The topological polar surface area (TPSA) is 79.4 Å². The van der Waals surface area contributed by atoms with E-state index < -0.39 is 10.2 Å². The van der Waals surface area contributed by atoms with Gasteiger partial charge in [-0.2, -0.15) is 17.0 Å². The van der Waals surface area contributed by atoms with Crippen LogP contribution < -0.4 is 9.47 Å². The van der Waals surface area contributed by atoms with E-state index in [9.17, 15) is 13.2 Å². The molecule has 1 aromatic carbocycles. The van der Waals surface area contributed by atoms with Gasteiger partial charge in [-0.05, 0) is 44.4 Å². The standard InChI is InChI=1S/C20H31N3O5S/c1-3-15-28-18-8-7-17(16-19(18)27-4-2)20(24)21-11-13-23(14-12-21)29(25,26)22-9-5-6-10-22/h7-8,16H,3-6,9-15H2,1-2H3. The maximum atomic E-state index is 12.9. The lowest BCUT2D eigenvalue weighted by molar-refractivity contribution is 0.0694. The zero-order valence-corrected chi connectivity index (χ0v) is 18.1. The van der Waals surface area contributed by atoms with Crippen LogP contribution >= 0.6 is 0 Å². The monoisotopic (exact) mass is 425 g/mol. The van der Waals surface area contributed by atoms with Gasteiger partial charge in [0.05, 0.1) is 13.2 Å². The summed E-state index contributed by atoms with van der Waals surface area (Å²) < 4.78 is 39.8. The third kappa shape index (κ3) is 5.02. The van der Waals surface area contributed by atoms with E-state index in [0.717, 1.165) is 19.3 Å². The molecule has 0 unspecified atom stereocenters. The second-order valence-electron chi connectivity index (χ2n) is 7.25. The van der Waals surface area contributed by atoms with Gasteiger partial charge >= 0.3 is 0 Å². The molecule has 2 aliphatic rings. The first kappa shape index (κ1) is 21.9. The summed E-state index contributed by atoms with van der Waals surface area (Å²) in [6.07, 6.45) is 2.71. The van der Waals surface area contributed by atoms with Gasteiger partial charge in [-0.3, -0.25) is 4.79 Å². The fraction of sp³-hybridized carbons (Fsp3) is 0.650. The molecule has 9 heteroatoms. The highest BCUT2D eigenvalue weighted by atomic mass is 32.2. The molecule has 0 spiro atoms. The molecule has 8 nitrogen and oxygen atoms in total. The van der Waals surface area contributed by atoms with E-state index in [1.54, 1.807) is 27.4 Å². The predicted molar refractivity (Wildman–Crippen MR) is 111 cm³/mol. The molecule has 2 fully saturated rings. The highest BCUT2D eigenvalue weighted by Crippen LogP contribution is 2.29. The Morgan fingerprint density at radius 3 is 2.21 bits per heavy atom. The molecule has 0 N–H and O–H groups in total. The van der Waals surface area contributed by atoms with Crippen LogP contribution in [0.15, 0.2) is 18.2 Å². The Labute approximate surface area is 173 Å². The molecule has 0 bridgehead atoms. The van der Waals surface area contributed by atoms with Gasteiger partial charge in [-0.1, -0.05) is 6.92 Å². The van der Waals surface area contributed by atoms with Crippen molar-refractivity contribution in [2.75, 3.05) is 52.5 Å². The lowest BCUT2D eigenvalue weighted by Crippen LogP contribution is -2.53. The zero-order chi connectivity index (χ0) is 20.9. The number of hydrogen-bond acceptors (Lipinski definition) is 5. The Hall–Kier alpha value is -1.84. The molecule has 2 heterocycles. The average molecular weight is 426 g/mol. The van der Waals surface area contributed by atoms with Crippen molar-refractivity contribution in [2.45, 2.75) is 33.1 Å². The Bertz CT molecular complexity index is 800. The van der Waals surface area contributed by atoms with E-state index in [0.29, 0.717) is 69.5 Å². The lowest BCUT2D eigenvalue weighted by Gasteiger charge is -2.35. The summed E-state index contributed by atoms with van der Waals surface area (Å²) in [5.74, 6) is 1.07. The van der Waals surface area contributed by atoms with Gasteiger partial charge in [0.1, 0.15) is 0 Å². The van der Waals surface area contributed by atoms with Crippen molar-refractivity contribution in [3.05, 3.63) is 23.8 Å². The summed E-state index contributed by atoms with van der Waals surface area (Å²) in [4.78, 5) is 14.6. The first-order valence-corrected chi connectivity index (χ1v) is 11.8. The van der Waals surface area contributed by atoms with Crippen molar-refractivity contribution >= 4 is 16.1 Å². The van der Waals surface area contributed by atoms with E-state index in [2.05, 4.69) is 0 Å². The zero-order valence-electron chi connectivity index (χ0n) is 17.3. The number of carbonyl (C=O) groups excluding carboxylic acids is 1. The summed E-state index contributed by atoms with van der Waals surface area (Å²) in [5, 5.41) is 0. The molecule has 1 aromatic rings. The van der Waals surface area contributed by atoms with Crippen LogP contribution in [0.25, 0.3) is 0 Å². The van der Waals surface area contributed by atoms with Gasteiger partial charge < -0.3 is 14.4 Å². The van der Waals surface area contributed by atoms with Gasteiger partial charge in [0.15, 0.2) is 11.5 Å². The Morgan fingerprint density at radius 2 is 1.59 bits per heavy atom. The van der Waals surface area contributed by atoms with Gasteiger partial charge in [0.25, 0.3) is 16.1 Å². The Balaban J connectivity index is 1.65. The highest BCUT2D eigenvalue weighted by Gasteiger charge is 2.34. The van der Waals surface area contributed by atoms with E-state index in [-0.39, 0.29) is 5.91 Å². The molecule has 3 rings (SSSR count). The molecule has 0 atom stereocenters. The largest absolute Gasteiger partial charge is 0.490 e. The number of rotatable bonds is 8. The van der Waals surface area contributed by atoms with E-state index >= 15 is 0 Å². The van der Waals surface area contributed by atoms with Crippen molar-refractivity contribution < 1.29 is 22.7 Å². The predicted octanol–water partition coefficient (Wildman–Crippen LogP) is 1.97. The van der Waals surface area contributed by atoms with Crippen LogP contribution in [0.4, 0.5) is 0 Å². The maximum absolute atomic E-state index is 12.9. The Morgan fingerprint density at radius 1 is 0.931 bits per heavy atom. The summed E-state index contributed by atoms with van der Waals surface area (Å²) in [6, 6.07) is 5.22. The first-order chi connectivity index (χ1) is 14.0. The molecule has 0 radical (unpaired) electrons. The van der Waals surface area contributed by atoms with Crippen LogP contribution in [-0.4, -0.2) is 80.3 Å². The number of piperazine rings is 1. The minimum Gasteiger partial charge on any atom is -0.490 e. The minimum absolute atomic E-state index is 0.119. The number of benzene rings is 1. The number of ether oxygens (including phenoxy) is 2. The van der Waals surface area contributed by atoms with Crippen LogP contribution in [-0.2, 0) is 10.2 Å². The molecular formula is C20H31N3O5S. The molecule has 1 amide bonds. The minimum atomic E-state index is -3.41. The third-order valence-corrected chi connectivity index (χ3v) is 7.23. The number of hydrogen-bond donors (Lipinski definition) is 0. The van der Waals surface area contributed by atoms with Crippen LogP contribution in [0.3, 0.4) is 0 Å². The van der Waals surface area contributed by atoms with Crippen molar-refractivity contribution in [3.8, 4) is 11.5 Å².